The third kappa shape index (κ3) is 5.08. The number of hydrogen-bond donors (Lipinski definition) is 2. The molecule has 0 aliphatic rings. The van der Waals surface area contributed by atoms with Gasteiger partial charge in [0.1, 0.15) is 11.3 Å². The van der Waals surface area contributed by atoms with Crippen LogP contribution in [-0.2, 0) is 11.3 Å². The minimum absolute atomic E-state index is 0.0126. The first-order chi connectivity index (χ1) is 17.5. The maximum absolute atomic E-state index is 13.6. The smallest absolute Gasteiger partial charge is 0.278 e. The molecule has 0 saturated carbocycles. The normalized spacial score (nSPS) is 11.1. The van der Waals surface area contributed by atoms with Gasteiger partial charge in [-0.25, -0.2) is 9.37 Å². The number of nitrogens with zero attached hydrogens (tertiary/aromatic N) is 2. The summed E-state index contributed by atoms with van der Waals surface area (Å²) in [7, 11) is 0. The fraction of sp³-hybridized carbons (Fsp3) is 0.107. The molecular formula is C28H23FN4O2S. The highest BCUT2D eigenvalue weighted by Gasteiger charge is 2.17. The topological polar surface area (TPSA) is 79.8 Å². The van der Waals surface area contributed by atoms with Crippen LogP contribution in [0.1, 0.15) is 11.1 Å². The minimum Gasteiger partial charge on any atom is -0.349 e. The second kappa shape index (κ2) is 10.2. The molecule has 0 radical (unpaired) electrons. The highest BCUT2D eigenvalue weighted by atomic mass is 32.2. The number of H-pyrrole nitrogens is 1. The van der Waals surface area contributed by atoms with E-state index in [1.807, 2.05) is 66.7 Å². The second-order valence-electron chi connectivity index (χ2n) is 8.38. The molecule has 2 N–H and O–H groups in total. The molecule has 6 nitrogen and oxygen atoms in total. The van der Waals surface area contributed by atoms with E-state index >= 15 is 0 Å². The number of benzene rings is 3. The number of thioether (sulfide) groups is 1. The van der Waals surface area contributed by atoms with Gasteiger partial charge in [0.2, 0.25) is 5.91 Å². The number of rotatable bonds is 7. The fourth-order valence-corrected chi connectivity index (χ4v) is 4.71. The number of fused-ring (bicyclic) bond motifs is 1. The summed E-state index contributed by atoms with van der Waals surface area (Å²) < 4.78 is 15.2. The van der Waals surface area contributed by atoms with E-state index in [4.69, 9.17) is 4.98 Å². The van der Waals surface area contributed by atoms with Gasteiger partial charge >= 0.3 is 0 Å². The lowest BCUT2D eigenvalue weighted by Crippen LogP contribution is -2.25. The number of halogens is 1. The largest absolute Gasteiger partial charge is 0.349 e. The average molecular weight is 499 g/mol. The van der Waals surface area contributed by atoms with Gasteiger partial charge in [-0.15, -0.1) is 0 Å². The molecule has 2 aromatic heterocycles. The number of aromatic nitrogens is 3. The SMILES string of the molecule is Cc1ccc(F)cc1NC(=O)CSc1nc2cc(-c3ccccc3)[nH]c2c(=O)n1Cc1ccccc1. The van der Waals surface area contributed by atoms with E-state index in [-0.39, 0.29) is 17.2 Å². The van der Waals surface area contributed by atoms with Gasteiger partial charge in [-0.2, -0.15) is 0 Å². The highest BCUT2D eigenvalue weighted by molar-refractivity contribution is 7.99. The first-order valence-electron chi connectivity index (χ1n) is 11.4. The van der Waals surface area contributed by atoms with Crippen molar-refractivity contribution in [2.45, 2.75) is 18.6 Å². The van der Waals surface area contributed by atoms with Crippen LogP contribution < -0.4 is 10.9 Å². The molecule has 0 unspecified atom stereocenters. The summed E-state index contributed by atoms with van der Waals surface area (Å²) in [4.78, 5) is 34.2. The molecule has 2 heterocycles. The monoisotopic (exact) mass is 498 g/mol. The van der Waals surface area contributed by atoms with Crippen molar-refractivity contribution in [3.63, 3.8) is 0 Å². The van der Waals surface area contributed by atoms with E-state index in [0.29, 0.717) is 28.4 Å². The summed E-state index contributed by atoms with van der Waals surface area (Å²) in [6.07, 6.45) is 0. The van der Waals surface area contributed by atoms with Gasteiger partial charge in [-0.1, -0.05) is 78.5 Å². The Kier molecular flexibility index (Phi) is 6.69. The molecule has 3 aromatic carbocycles. The van der Waals surface area contributed by atoms with Gasteiger partial charge in [-0.3, -0.25) is 14.2 Å². The molecular weight excluding hydrogens is 475 g/mol. The Hall–Kier alpha value is -4.17. The molecule has 180 valence electrons. The van der Waals surface area contributed by atoms with E-state index in [2.05, 4.69) is 10.3 Å². The quantitative estimate of drug-likeness (QED) is 0.226. The molecule has 1 amide bonds. The molecule has 0 aliphatic carbocycles. The minimum atomic E-state index is -0.422. The fourth-order valence-electron chi connectivity index (χ4n) is 3.91. The molecule has 0 aliphatic heterocycles. The molecule has 0 fully saturated rings. The summed E-state index contributed by atoms with van der Waals surface area (Å²) in [5.41, 5.74) is 4.60. The highest BCUT2D eigenvalue weighted by Crippen LogP contribution is 2.25. The maximum atomic E-state index is 13.6. The van der Waals surface area contributed by atoms with Gasteiger partial charge in [0.05, 0.1) is 17.8 Å². The maximum Gasteiger partial charge on any atom is 0.278 e. The van der Waals surface area contributed by atoms with E-state index in [1.54, 1.807) is 17.6 Å². The van der Waals surface area contributed by atoms with Gasteiger partial charge in [-0.05, 0) is 41.8 Å². The number of hydrogen-bond acceptors (Lipinski definition) is 4. The Bertz CT molecular complexity index is 1600. The zero-order valence-corrected chi connectivity index (χ0v) is 20.3. The van der Waals surface area contributed by atoms with Crippen LogP contribution in [0.5, 0.6) is 0 Å². The third-order valence-corrected chi connectivity index (χ3v) is 6.75. The van der Waals surface area contributed by atoms with Crippen molar-refractivity contribution >= 4 is 34.4 Å². The molecule has 5 rings (SSSR count). The Morgan fingerprint density at radius 1 is 1.03 bits per heavy atom. The van der Waals surface area contributed by atoms with Crippen LogP contribution in [0, 0.1) is 12.7 Å². The van der Waals surface area contributed by atoms with E-state index in [9.17, 15) is 14.0 Å². The standard InChI is InChI=1S/C28H23FN4O2S/c1-18-12-13-21(29)14-22(18)30-25(34)17-36-28-32-24-15-23(20-10-6-3-7-11-20)31-26(24)27(35)33(28)16-19-8-4-2-5-9-19/h2-15,31H,16-17H2,1H3,(H,30,34). The molecule has 5 aromatic rings. The number of aromatic amines is 1. The van der Waals surface area contributed by atoms with Crippen LogP contribution in [0.15, 0.2) is 94.9 Å². The van der Waals surface area contributed by atoms with Crippen molar-refractivity contribution in [3.05, 3.63) is 112 Å². The summed E-state index contributed by atoms with van der Waals surface area (Å²) >= 11 is 1.17. The molecule has 36 heavy (non-hydrogen) atoms. The lowest BCUT2D eigenvalue weighted by molar-refractivity contribution is -0.113. The molecule has 8 heteroatoms. The zero-order chi connectivity index (χ0) is 25.1. The van der Waals surface area contributed by atoms with Gasteiger partial charge in [0, 0.05) is 11.4 Å². The summed E-state index contributed by atoms with van der Waals surface area (Å²) in [5, 5.41) is 3.18. The Labute approximate surface area is 211 Å². The average Bonchev–Trinajstić information content (AvgIpc) is 3.33. The molecule has 0 spiro atoms. The van der Waals surface area contributed by atoms with Crippen LogP contribution in [-0.4, -0.2) is 26.2 Å². The first-order valence-corrected chi connectivity index (χ1v) is 12.4. The van der Waals surface area contributed by atoms with Crippen LogP contribution >= 0.6 is 11.8 Å². The number of anilines is 1. The lowest BCUT2D eigenvalue weighted by atomic mass is 10.2. The van der Waals surface area contributed by atoms with Crippen molar-refractivity contribution in [1.29, 1.82) is 0 Å². The van der Waals surface area contributed by atoms with Gasteiger partial charge in [0.15, 0.2) is 5.16 Å². The number of aryl methyl sites for hydroxylation is 1. The molecule has 0 bridgehead atoms. The van der Waals surface area contributed by atoms with Gasteiger partial charge < -0.3 is 10.3 Å². The number of nitrogens with one attached hydrogen (secondary N) is 2. The first kappa shape index (κ1) is 23.6. The summed E-state index contributed by atoms with van der Waals surface area (Å²) in [5.74, 6) is -0.721. The van der Waals surface area contributed by atoms with E-state index in [0.717, 1.165) is 22.4 Å². The molecule has 0 atom stereocenters. The van der Waals surface area contributed by atoms with Crippen molar-refractivity contribution < 1.29 is 9.18 Å². The van der Waals surface area contributed by atoms with Crippen molar-refractivity contribution in [3.8, 4) is 11.3 Å². The Morgan fingerprint density at radius 3 is 2.50 bits per heavy atom. The number of amides is 1. The van der Waals surface area contributed by atoms with Crippen LogP contribution in [0.2, 0.25) is 0 Å². The lowest BCUT2D eigenvalue weighted by Gasteiger charge is -2.13. The second-order valence-corrected chi connectivity index (χ2v) is 9.32. The van der Waals surface area contributed by atoms with Crippen LogP contribution in [0.4, 0.5) is 10.1 Å². The summed E-state index contributed by atoms with van der Waals surface area (Å²) in [6.45, 7) is 2.11. The van der Waals surface area contributed by atoms with E-state index in [1.165, 1.54) is 23.9 Å². The van der Waals surface area contributed by atoms with E-state index < -0.39 is 5.82 Å². The number of carbonyl (C=O) groups excluding carboxylic acids is 1. The van der Waals surface area contributed by atoms with Crippen molar-refractivity contribution in [2.24, 2.45) is 0 Å². The Morgan fingerprint density at radius 2 is 1.75 bits per heavy atom. The predicted molar refractivity (Wildman–Crippen MR) is 142 cm³/mol. The van der Waals surface area contributed by atoms with Gasteiger partial charge in [0.25, 0.3) is 5.56 Å². The molecule has 0 saturated heterocycles. The van der Waals surface area contributed by atoms with Crippen molar-refractivity contribution in [1.82, 2.24) is 14.5 Å². The third-order valence-electron chi connectivity index (χ3n) is 5.78. The Balaban J connectivity index is 1.48. The zero-order valence-electron chi connectivity index (χ0n) is 19.5. The predicted octanol–water partition coefficient (Wildman–Crippen LogP) is 5.62. The van der Waals surface area contributed by atoms with Crippen molar-refractivity contribution in [2.75, 3.05) is 11.1 Å². The summed E-state index contributed by atoms with van der Waals surface area (Å²) in [6, 6.07) is 25.4. The number of carbonyl (C=O) groups is 1. The van der Waals surface area contributed by atoms with Crippen LogP contribution in [0.25, 0.3) is 22.3 Å². The van der Waals surface area contributed by atoms with Crippen LogP contribution in [0.3, 0.4) is 0 Å².